The zero-order chi connectivity index (χ0) is 17.4. The molecule has 130 valence electrons. The van der Waals surface area contributed by atoms with Crippen LogP contribution in [0, 0.1) is 12.8 Å². The Labute approximate surface area is 148 Å². The first-order valence-corrected chi connectivity index (χ1v) is 9.92. The van der Waals surface area contributed by atoms with Gasteiger partial charge in [-0.15, -0.1) is 0 Å². The van der Waals surface area contributed by atoms with E-state index in [0.29, 0.717) is 24.6 Å². The van der Waals surface area contributed by atoms with E-state index in [4.69, 9.17) is 4.74 Å². The minimum Gasteiger partial charge on any atom is -0.368 e. The average Bonchev–Trinajstić information content (AvgIpc) is 3.06. The maximum absolute atomic E-state index is 13.0. The second kappa shape index (κ2) is 6.41. The Morgan fingerprint density at radius 1 is 1.04 bits per heavy atom. The molecule has 1 fully saturated rings. The number of nitrogens with zero attached hydrogens (tertiary/aromatic N) is 1. The van der Waals surface area contributed by atoms with Crippen molar-refractivity contribution in [3.05, 3.63) is 77.4 Å². The molecular formula is C20H21NO3S. The lowest BCUT2D eigenvalue weighted by Gasteiger charge is -2.31. The SMILES string of the molecule is Cc1ccc(S(=O)(=O)N2CC=C3CO[C@H](c4ccccc4)[C@H]3C2)cc1. The van der Waals surface area contributed by atoms with Gasteiger partial charge in [-0.1, -0.05) is 54.1 Å². The van der Waals surface area contributed by atoms with Crippen LogP contribution in [0.25, 0.3) is 0 Å². The highest BCUT2D eigenvalue weighted by Crippen LogP contribution is 2.41. The van der Waals surface area contributed by atoms with Crippen LogP contribution in [0.15, 0.2) is 71.1 Å². The van der Waals surface area contributed by atoms with Gasteiger partial charge < -0.3 is 4.74 Å². The van der Waals surface area contributed by atoms with E-state index in [1.54, 1.807) is 16.4 Å². The molecule has 2 aliphatic rings. The normalized spacial score (nSPS) is 24.0. The minimum absolute atomic E-state index is 0.0800. The molecular weight excluding hydrogens is 334 g/mol. The number of hydrogen-bond acceptors (Lipinski definition) is 3. The van der Waals surface area contributed by atoms with Crippen molar-refractivity contribution in [2.45, 2.75) is 17.9 Å². The quantitative estimate of drug-likeness (QED) is 0.794. The molecule has 0 aromatic heterocycles. The summed E-state index contributed by atoms with van der Waals surface area (Å²) in [5.74, 6) is 0.0800. The van der Waals surface area contributed by atoms with Crippen molar-refractivity contribution in [2.24, 2.45) is 5.92 Å². The van der Waals surface area contributed by atoms with Gasteiger partial charge in [0.05, 0.1) is 17.6 Å². The number of sulfonamides is 1. The van der Waals surface area contributed by atoms with Crippen LogP contribution in [0.4, 0.5) is 0 Å². The van der Waals surface area contributed by atoms with Crippen LogP contribution in [-0.4, -0.2) is 32.4 Å². The maximum Gasteiger partial charge on any atom is 0.243 e. The summed E-state index contributed by atoms with van der Waals surface area (Å²) in [5, 5.41) is 0. The summed E-state index contributed by atoms with van der Waals surface area (Å²) >= 11 is 0. The lowest BCUT2D eigenvalue weighted by Crippen LogP contribution is -2.39. The van der Waals surface area contributed by atoms with Crippen molar-refractivity contribution in [2.75, 3.05) is 19.7 Å². The third kappa shape index (κ3) is 3.03. The lowest BCUT2D eigenvalue weighted by atomic mass is 9.90. The van der Waals surface area contributed by atoms with Crippen molar-refractivity contribution in [3.8, 4) is 0 Å². The second-order valence-electron chi connectivity index (χ2n) is 6.66. The van der Waals surface area contributed by atoms with Crippen LogP contribution in [0.5, 0.6) is 0 Å². The fourth-order valence-corrected chi connectivity index (χ4v) is 4.97. The third-order valence-electron chi connectivity index (χ3n) is 5.02. The molecule has 0 spiro atoms. The molecule has 4 rings (SSSR count). The Bertz CT molecular complexity index is 888. The average molecular weight is 355 g/mol. The lowest BCUT2D eigenvalue weighted by molar-refractivity contribution is 0.0867. The van der Waals surface area contributed by atoms with E-state index >= 15 is 0 Å². The first kappa shape index (κ1) is 16.5. The Morgan fingerprint density at radius 3 is 2.48 bits per heavy atom. The number of aryl methyl sites for hydroxylation is 1. The van der Waals surface area contributed by atoms with E-state index in [9.17, 15) is 8.42 Å². The largest absolute Gasteiger partial charge is 0.368 e. The first-order chi connectivity index (χ1) is 12.1. The predicted molar refractivity (Wildman–Crippen MR) is 96.6 cm³/mol. The molecule has 5 heteroatoms. The van der Waals surface area contributed by atoms with Gasteiger partial charge in [0.2, 0.25) is 10.0 Å². The van der Waals surface area contributed by atoms with Crippen molar-refractivity contribution < 1.29 is 13.2 Å². The Morgan fingerprint density at radius 2 is 1.76 bits per heavy atom. The fourth-order valence-electron chi connectivity index (χ4n) is 3.57. The summed E-state index contributed by atoms with van der Waals surface area (Å²) in [7, 11) is -3.49. The van der Waals surface area contributed by atoms with E-state index in [2.05, 4.69) is 0 Å². The van der Waals surface area contributed by atoms with Gasteiger partial charge in [-0.05, 0) is 30.2 Å². The van der Waals surface area contributed by atoms with Crippen LogP contribution in [0.2, 0.25) is 0 Å². The van der Waals surface area contributed by atoms with Gasteiger partial charge in [0.15, 0.2) is 0 Å². The van der Waals surface area contributed by atoms with Gasteiger partial charge in [0.25, 0.3) is 0 Å². The zero-order valence-electron chi connectivity index (χ0n) is 14.1. The van der Waals surface area contributed by atoms with E-state index in [1.165, 1.54) is 5.57 Å². The van der Waals surface area contributed by atoms with Gasteiger partial charge in [-0.2, -0.15) is 4.31 Å². The molecule has 0 bridgehead atoms. The highest BCUT2D eigenvalue weighted by molar-refractivity contribution is 7.89. The molecule has 25 heavy (non-hydrogen) atoms. The summed E-state index contributed by atoms with van der Waals surface area (Å²) in [4.78, 5) is 0.352. The molecule has 4 nitrogen and oxygen atoms in total. The van der Waals surface area contributed by atoms with Gasteiger partial charge in [-0.25, -0.2) is 8.42 Å². The minimum atomic E-state index is -3.49. The maximum atomic E-state index is 13.0. The molecule has 0 N–H and O–H groups in total. The van der Waals surface area contributed by atoms with Crippen molar-refractivity contribution in [1.29, 1.82) is 0 Å². The molecule has 0 unspecified atom stereocenters. The topological polar surface area (TPSA) is 46.6 Å². The van der Waals surface area contributed by atoms with Crippen LogP contribution in [0.3, 0.4) is 0 Å². The summed E-state index contributed by atoms with van der Waals surface area (Å²) in [6.45, 7) is 3.41. The molecule has 2 aromatic rings. The van der Waals surface area contributed by atoms with Gasteiger partial charge in [-0.3, -0.25) is 0 Å². The highest BCUT2D eigenvalue weighted by Gasteiger charge is 2.40. The molecule has 1 saturated heterocycles. The predicted octanol–water partition coefficient (Wildman–Crippen LogP) is 3.31. The second-order valence-corrected chi connectivity index (χ2v) is 8.60. The van der Waals surface area contributed by atoms with Crippen LogP contribution in [0.1, 0.15) is 17.2 Å². The number of benzene rings is 2. The zero-order valence-corrected chi connectivity index (χ0v) is 14.9. The summed E-state index contributed by atoms with van der Waals surface area (Å²) < 4.78 is 33.5. The van der Waals surface area contributed by atoms with E-state index in [0.717, 1.165) is 11.1 Å². The van der Waals surface area contributed by atoms with Gasteiger partial charge in [0.1, 0.15) is 0 Å². The summed E-state index contributed by atoms with van der Waals surface area (Å²) in [6, 6.07) is 17.1. The molecule has 0 aliphatic carbocycles. The van der Waals surface area contributed by atoms with Crippen LogP contribution >= 0.6 is 0 Å². The van der Waals surface area contributed by atoms with Gasteiger partial charge >= 0.3 is 0 Å². The summed E-state index contributed by atoms with van der Waals surface area (Å²) in [5.41, 5.74) is 3.36. The molecule has 2 atom stereocenters. The van der Waals surface area contributed by atoms with E-state index in [-0.39, 0.29) is 12.0 Å². The monoisotopic (exact) mass is 355 g/mol. The van der Waals surface area contributed by atoms with E-state index < -0.39 is 10.0 Å². The van der Waals surface area contributed by atoms with Gasteiger partial charge in [0, 0.05) is 19.0 Å². The Balaban J connectivity index is 1.61. The molecule has 0 radical (unpaired) electrons. The van der Waals surface area contributed by atoms with Crippen molar-refractivity contribution in [3.63, 3.8) is 0 Å². The van der Waals surface area contributed by atoms with Crippen LogP contribution in [-0.2, 0) is 14.8 Å². The fraction of sp³-hybridized carbons (Fsp3) is 0.300. The van der Waals surface area contributed by atoms with Crippen LogP contribution < -0.4 is 0 Å². The van der Waals surface area contributed by atoms with Crippen molar-refractivity contribution >= 4 is 10.0 Å². The third-order valence-corrected chi connectivity index (χ3v) is 6.86. The smallest absolute Gasteiger partial charge is 0.243 e. The Kier molecular flexibility index (Phi) is 4.23. The van der Waals surface area contributed by atoms with Crippen molar-refractivity contribution in [1.82, 2.24) is 4.31 Å². The number of ether oxygens (including phenoxy) is 1. The number of rotatable bonds is 3. The van der Waals surface area contributed by atoms with E-state index in [1.807, 2.05) is 55.5 Å². The standard InChI is InChI=1S/C20H21NO3S/c1-15-7-9-18(10-8-15)25(22,23)21-12-11-17-14-24-20(19(17)13-21)16-5-3-2-4-6-16/h2-11,19-20H,12-14H2,1H3/t19-,20+/m0/s1. The molecule has 0 saturated carbocycles. The Hall–Kier alpha value is -1.95. The number of fused-ring (bicyclic) bond motifs is 1. The first-order valence-electron chi connectivity index (χ1n) is 8.48. The molecule has 2 heterocycles. The summed E-state index contributed by atoms with van der Waals surface area (Å²) in [6.07, 6.45) is 1.94. The molecule has 2 aliphatic heterocycles. The molecule has 2 aromatic carbocycles. The molecule has 0 amide bonds. The number of hydrogen-bond donors (Lipinski definition) is 0. The highest BCUT2D eigenvalue weighted by atomic mass is 32.2.